The zero-order valence-electron chi connectivity index (χ0n) is 17.9. The van der Waals surface area contributed by atoms with Crippen molar-refractivity contribution in [1.29, 1.82) is 0 Å². The summed E-state index contributed by atoms with van der Waals surface area (Å²) in [6.07, 6.45) is 1.50. The molecular formula is C26H27N3O2. The number of carbonyl (C=O) groups excluding carboxylic acids is 2. The number of benzene rings is 3. The van der Waals surface area contributed by atoms with Gasteiger partial charge in [-0.05, 0) is 67.3 Å². The number of aryl methyl sites for hydroxylation is 2. The minimum atomic E-state index is -0.555. The first-order valence-electron chi connectivity index (χ1n) is 10.6. The van der Waals surface area contributed by atoms with Gasteiger partial charge in [0.05, 0.1) is 0 Å². The quantitative estimate of drug-likeness (QED) is 0.582. The monoisotopic (exact) mass is 413 g/mol. The fraction of sp³-hybridized carbons (Fsp3) is 0.231. The third-order valence-corrected chi connectivity index (χ3v) is 5.61. The first-order chi connectivity index (χ1) is 15.0. The second-order valence-electron chi connectivity index (χ2n) is 7.99. The predicted octanol–water partition coefficient (Wildman–Crippen LogP) is 5.22. The molecule has 1 aliphatic heterocycles. The Bertz CT molecular complexity index is 1080. The largest absolute Gasteiger partial charge is 0.370 e. The number of nitrogens with zero attached hydrogens (tertiary/aromatic N) is 1. The summed E-state index contributed by atoms with van der Waals surface area (Å²) >= 11 is 0. The molecule has 2 N–H and O–H groups in total. The average molecular weight is 414 g/mol. The number of nitrogens with one attached hydrogen (secondary N) is 2. The van der Waals surface area contributed by atoms with E-state index in [1.807, 2.05) is 91.5 Å². The molecule has 0 unspecified atom stereocenters. The zero-order chi connectivity index (χ0) is 21.8. The summed E-state index contributed by atoms with van der Waals surface area (Å²) < 4.78 is 0. The lowest BCUT2D eigenvalue weighted by molar-refractivity contribution is -0.117. The maximum absolute atomic E-state index is 13.3. The van der Waals surface area contributed by atoms with Gasteiger partial charge in [-0.25, -0.2) is 0 Å². The Balaban J connectivity index is 1.56. The van der Waals surface area contributed by atoms with Crippen LogP contribution in [-0.4, -0.2) is 18.4 Å². The zero-order valence-corrected chi connectivity index (χ0v) is 17.9. The van der Waals surface area contributed by atoms with Crippen molar-refractivity contribution < 1.29 is 9.59 Å². The van der Waals surface area contributed by atoms with Crippen LogP contribution in [0.4, 0.5) is 17.1 Å². The Labute approximate surface area is 183 Å². The van der Waals surface area contributed by atoms with Crippen molar-refractivity contribution in [3.63, 3.8) is 0 Å². The molecule has 1 aliphatic rings. The second kappa shape index (κ2) is 9.04. The number of carbonyl (C=O) groups is 2. The molecule has 0 spiro atoms. The molecule has 0 aromatic heterocycles. The Morgan fingerprint density at radius 2 is 1.71 bits per heavy atom. The Morgan fingerprint density at radius 3 is 2.39 bits per heavy atom. The minimum Gasteiger partial charge on any atom is -0.370 e. The lowest BCUT2D eigenvalue weighted by Gasteiger charge is -2.22. The van der Waals surface area contributed by atoms with Gasteiger partial charge in [-0.1, -0.05) is 42.5 Å². The molecule has 3 aromatic rings. The molecule has 0 bridgehead atoms. The average Bonchev–Trinajstić information content (AvgIpc) is 3.21. The molecular weight excluding hydrogens is 386 g/mol. The van der Waals surface area contributed by atoms with E-state index < -0.39 is 6.04 Å². The van der Waals surface area contributed by atoms with Crippen molar-refractivity contribution in [3.8, 4) is 0 Å². The summed E-state index contributed by atoms with van der Waals surface area (Å²) in [5.41, 5.74) is 5.52. The third-order valence-electron chi connectivity index (χ3n) is 5.61. The molecule has 1 fully saturated rings. The summed E-state index contributed by atoms with van der Waals surface area (Å²) in [7, 11) is 0. The maximum Gasteiger partial charge on any atom is 0.251 e. The van der Waals surface area contributed by atoms with Crippen molar-refractivity contribution in [2.75, 3.05) is 22.1 Å². The molecule has 5 heteroatoms. The summed E-state index contributed by atoms with van der Waals surface area (Å²) in [5.74, 6) is 0.0365. The van der Waals surface area contributed by atoms with Gasteiger partial charge in [0.15, 0.2) is 0 Å². The van der Waals surface area contributed by atoms with Crippen LogP contribution in [0.25, 0.3) is 0 Å². The molecule has 5 nitrogen and oxygen atoms in total. The van der Waals surface area contributed by atoms with Gasteiger partial charge in [-0.15, -0.1) is 0 Å². The summed E-state index contributed by atoms with van der Waals surface area (Å²) in [6.45, 7) is 4.75. The number of amides is 2. The maximum atomic E-state index is 13.3. The first kappa shape index (κ1) is 20.7. The van der Waals surface area contributed by atoms with Crippen LogP contribution in [0.3, 0.4) is 0 Å². The lowest BCUT2D eigenvalue weighted by Crippen LogP contribution is -2.27. The highest BCUT2D eigenvalue weighted by atomic mass is 16.2. The van der Waals surface area contributed by atoms with Gasteiger partial charge in [0.1, 0.15) is 6.04 Å². The van der Waals surface area contributed by atoms with E-state index >= 15 is 0 Å². The van der Waals surface area contributed by atoms with Crippen LogP contribution in [0, 0.1) is 13.8 Å². The molecule has 158 valence electrons. The number of anilines is 3. The number of hydrogen-bond acceptors (Lipinski definition) is 3. The summed E-state index contributed by atoms with van der Waals surface area (Å²) in [4.78, 5) is 27.1. The van der Waals surface area contributed by atoms with Gasteiger partial charge < -0.3 is 15.5 Å². The van der Waals surface area contributed by atoms with Crippen molar-refractivity contribution >= 4 is 28.9 Å². The summed E-state index contributed by atoms with van der Waals surface area (Å²) in [5, 5.41) is 6.44. The highest BCUT2D eigenvalue weighted by molar-refractivity contribution is 5.98. The SMILES string of the molecule is Cc1ccc(C)c(NC(=O)[C@H](Nc2ccc(N3CCCC3=O)cc2)c2ccccc2)c1. The number of rotatable bonds is 6. The van der Waals surface area contributed by atoms with Gasteiger partial charge in [-0.2, -0.15) is 0 Å². The fourth-order valence-electron chi connectivity index (χ4n) is 3.85. The predicted molar refractivity (Wildman–Crippen MR) is 125 cm³/mol. The van der Waals surface area contributed by atoms with Gasteiger partial charge >= 0.3 is 0 Å². The fourth-order valence-corrected chi connectivity index (χ4v) is 3.85. The summed E-state index contributed by atoms with van der Waals surface area (Å²) in [6, 6.07) is 22.8. The van der Waals surface area contributed by atoms with E-state index in [-0.39, 0.29) is 11.8 Å². The highest BCUT2D eigenvalue weighted by Crippen LogP contribution is 2.27. The Morgan fingerprint density at radius 1 is 0.968 bits per heavy atom. The van der Waals surface area contributed by atoms with Gasteiger partial charge in [-0.3, -0.25) is 9.59 Å². The van der Waals surface area contributed by atoms with Crippen LogP contribution in [0.5, 0.6) is 0 Å². The van der Waals surface area contributed by atoms with Gasteiger partial charge in [0, 0.05) is 30.0 Å². The van der Waals surface area contributed by atoms with Crippen LogP contribution >= 0.6 is 0 Å². The Hall–Kier alpha value is -3.60. The molecule has 1 heterocycles. The van der Waals surface area contributed by atoms with Gasteiger partial charge in [0.25, 0.3) is 5.91 Å². The Kier molecular flexibility index (Phi) is 6.03. The van der Waals surface area contributed by atoms with Crippen LogP contribution in [0.1, 0.15) is 35.6 Å². The lowest BCUT2D eigenvalue weighted by atomic mass is 10.0. The topological polar surface area (TPSA) is 61.4 Å². The minimum absolute atomic E-state index is 0.126. The van der Waals surface area contributed by atoms with Crippen LogP contribution < -0.4 is 15.5 Å². The van der Waals surface area contributed by atoms with Crippen LogP contribution in [0.2, 0.25) is 0 Å². The molecule has 3 aromatic carbocycles. The van der Waals surface area contributed by atoms with E-state index in [4.69, 9.17) is 0 Å². The van der Waals surface area contributed by atoms with Crippen LogP contribution in [0.15, 0.2) is 72.8 Å². The van der Waals surface area contributed by atoms with Crippen molar-refractivity contribution in [2.45, 2.75) is 32.7 Å². The second-order valence-corrected chi connectivity index (χ2v) is 7.99. The van der Waals surface area contributed by atoms with Crippen molar-refractivity contribution in [1.82, 2.24) is 0 Å². The third kappa shape index (κ3) is 4.77. The standard InChI is InChI=1S/C26H27N3O2/c1-18-10-11-19(2)23(17-18)28-26(31)25(20-7-4-3-5-8-20)27-21-12-14-22(15-13-21)29-16-6-9-24(29)30/h3-5,7-8,10-15,17,25,27H,6,9,16H2,1-2H3,(H,28,31)/t25-/m1/s1. The molecule has 1 atom stereocenters. The van der Waals surface area contributed by atoms with Crippen LogP contribution in [-0.2, 0) is 9.59 Å². The van der Waals surface area contributed by atoms with E-state index in [0.717, 1.165) is 46.7 Å². The van der Waals surface area contributed by atoms with Crippen molar-refractivity contribution in [3.05, 3.63) is 89.5 Å². The van der Waals surface area contributed by atoms with E-state index in [2.05, 4.69) is 10.6 Å². The van der Waals surface area contributed by atoms with E-state index in [0.29, 0.717) is 6.42 Å². The van der Waals surface area contributed by atoms with Crippen molar-refractivity contribution in [2.24, 2.45) is 0 Å². The molecule has 0 aliphatic carbocycles. The highest BCUT2D eigenvalue weighted by Gasteiger charge is 2.23. The first-order valence-corrected chi connectivity index (χ1v) is 10.6. The molecule has 2 amide bonds. The molecule has 1 saturated heterocycles. The molecule has 31 heavy (non-hydrogen) atoms. The molecule has 0 saturated carbocycles. The van der Waals surface area contributed by atoms with E-state index in [1.54, 1.807) is 0 Å². The smallest absolute Gasteiger partial charge is 0.251 e. The molecule has 4 rings (SSSR count). The normalized spacial score (nSPS) is 14.4. The number of hydrogen-bond donors (Lipinski definition) is 2. The van der Waals surface area contributed by atoms with E-state index in [9.17, 15) is 9.59 Å². The van der Waals surface area contributed by atoms with E-state index in [1.165, 1.54) is 0 Å². The van der Waals surface area contributed by atoms with Gasteiger partial charge in [0.2, 0.25) is 5.91 Å². The molecule has 0 radical (unpaired) electrons.